The summed E-state index contributed by atoms with van der Waals surface area (Å²) in [5.74, 6) is 0.238. The van der Waals surface area contributed by atoms with Gasteiger partial charge in [0.25, 0.3) is 0 Å². The Labute approximate surface area is 143 Å². The van der Waals surface area contributed by atoms with Gasteiger partial charge >= 0.3 is 6.09 Å². The van der Waals surface area contributed by atoms with Crippen molar-refractivity contribution in [3.8, 4) is 0 Å². The van der Waals surface area contributed by atoms with Crippen molar-refractivity contribution >= 4 is 17.7 Å². The van der Waals surface area contributed by atoms with E-state index in [0.717, 1.165) is 36.9 Å². The van der Waals surface area contributed by atoms with Crippen molar-refractivity contribution in [2.24, 2.45) is 5.92 Å². The van der Waals surface area contributed by atoms with Crippen LogP contribution in [0.4, 0.5) is 10.5 Å². The third-order valence-corrected chi connectivity index (χ3v) is 5.16. The SMILES string of the molecule is Cc1ccc(N2CC(CNC(=O)C3CCCCC3)OC2=O)cc1C. The Hall–Kier alpha value is -2.04. The lowest BCUT2D eigenvalue weighted by Gasteiger charge is -2.21. The number of anilines is 1. The summed E-state index contributed by atoms with van der Waals surface area (Å²) in [6.45, 7) is 4.95. The zero-order chi connectivity index (χ0) is 17.1. The molecule has 1 atom stereocenters. The van der Waals surface area contributed by atoms with Crippen LogP contribution in [-0.2, 0) is 9.53 Å². The molecular weight excluding hydrogens is 304 g/mol. The first kappa shape index (κ1) is 16.8. The first-order valence-electron chi connectivity index (χ1n) is 8.87. The van der Waals surface area contributed by atoms with Gasteiger partial charge in [-0.25, -0.2) is 4.79 Å². The van der Waals surface area contributed by atoms with Gasteiger partial charge in [0.2, 0.25) is 5.91 Å². The number of rotatable bonds is 4. The average Bonchev–Trinajstić information content (AvgIpc) is 2.97. The predicted octanol–water partition coefficient (Wildman–Crippen LogP) is 3.33. The topological polar surface area (TPSA) is 58.6 Å². The molecule has 5 nitrogen and oxygen atoms in total. The summed E-state index contributed by atoms with van der Waals surface area (Å²) in [6, 6.07) is 5.95. The van der Waals surface area contributed by atoms with E-state index in [2.05, 4.69) is 5.32 Å². The molecule has 0 radical (unpaired) electrons. The Bertz CT molecular complexity index is 623. The van der Waals surface area contributed by atoms with E-state index in [-0.39, 0.29) is 24.0 Å². The number of cyclic esters (lactones) is 1. The van der Waals surface area contributed by atoms with Crippen molar-refractivity contribution in [2.75, 3.05) is 18.0 Å². The van der Waals surface area contributed by atoms with E-state index >= 15 is 0 Å². The van der Waals surface area contributed by atoms with Crippen LogP contribution in [0, 0.1) is 19.8 Å². The molecule has 2 aliphatic rings. The van der Waals surface area contributed by atoms with Crippen molar-refractivity contribution < 1.29 is 14.3 Å². The van der Waals surface area contributed by atoms with Crippen LogP contribution in [0.5, 0.6) is 0 Å². The number of carbonyl (C=O) groups excluding carboxylic acids is 2. The Morgan fingerprint density at radius 1 is 1.21 bits per heavy atom. The van der Waals surface area contributed by atoms with E-state index in [4.69, 9.17) is 4.74 Å². The number of benzene rings is 1. The molecule has 1 saturated heterocycles. The quantitative estimate of drug-likeness (QED) is 0.921. The molecular formula is C19H26N2O3. The van der Waals surface area contributed by atoms with Crippen LogP contribution in [0.15, 0.2) is 18.2 Å². The van der Waals surface area contributed by atoms with Crippen LogP contribution in [-0.4, -0.2) is 31.2 Å². The summed E-state index contributed by atoms with van der Waals surface area (Å²) in [7, 11) is 0. The van der Waals surface area contributed by atoms with E-state index in [9.17, 15) is 9.59 Å². The molecule has 0 spiro atoms. The number of hydrogen-bond acceptors (Lipinski definition) is 3. The van der Waals surface area contributed by atoms with Gasteiger partial charge in [-0.3, -0.25) is 9.69 Å². The highest BCUT2D eigenvalue weighted by Gasteiger charge is 2.33. The van der Waals surface area contributed by atoms with Crippen molar-refractivity contribution in [1.29, 1.82) is 0 Å². The molecule has 1 aliphatic heterocycles. The molecule has 1 N–H and O–H groups in total. The van der Waals surface area contributed by atoms with E-state index in [0.29, 0.717) is 13.1 Å². The molecule has 130 valence electrons. The van der Waals surface area contributed by atoms with E-state index in [1.165, 1.54) is 12.0 Å². The fourth-order valence-electron chi connectivity index (χ4n) is 3.46. The van der Waals surface area contributed by atoms with E-state index < -0.39 is 0 Å². The van der Waals surface area contributed by atoms with E-state index in [1.807, 2.05) is 32.0 Å². The number of aryl methyl sites for hydroxylation is 2. The Balaban J connectivity index is 1.54. The van der Waals surface area contributed by atoms with Crippen LogP contribution in [0.2, 0.25) is 0 Å². The lowest BCUT2D eigenvalue weighted by molar-refractivity contribution is -0.126. The van der Waals surface area contributed by atoms with Crippen molar-refractivity contribution in [3.05, 3.63) is 29.3 Å². The van der Waals surface area contributed by atoms with Gasteiger partial charge in [-0.2, -0.15) is 0 Å². The highest BCUT2D eigenvalue weighted by Crippen LogP contribution is 2.25. The molecule has 1 aromatic rings. The molecule has 2 fully saturated rings. The Morgan fingerprint density at radius 2 is 1.96 bits per heavy atom. The van der Waals surface area contributed by atoms with Crippen LogP contribution in [0.3, 0.4) is 0 Å². The minimum absolute atomic E-state index is 0.107. The summed E-state index contributed by atoms with van der Waals surface area (Å²) in [4.78, 5) is 26.0. The first-order chi connectivity index (χ1) is 11.5. The number of nitrogens with zero attached hydrogens (tertiary/aromatic N) is 1. The van der Waals surface area contributed by atoms with Gasteiger partial charge in [-0.15, -0.1) is 0 Å². The minimum Gasteiger partial charge on any atom is -0.442 e. The van der Waals surface area contributed by atoms with Gasteiger partial charge in [0.15, 0.2) is 0 Å². The third-order valence-electron chi connectivity index (χ3n) is 5.16. The van der Waals surface area contributed by atoms with Crippen molar-refractivity contribution in [1.82, 2.24) is 5.32 Å². The third kappa shape index (κ3) is 3.71. The highest BCUT2D eigenvalue weighted by molar-refractivity contribution is 5.90. The lowest BCUT2D eigenvalue weighted by atomic mass is 9.88. The fraction of sp³-hybridized carbons (Fsp3) is 0.579. The number of ether oxygens (including phenoxy) is 1. The molecule has 1 saturated carbocycles. The second kappa shape index (κ2) is 7.24. The largest absolute Gasteiger partial charge is 0.442 e. The van der Waals surface area contributed by atoms with Gasteiger partial charge in [-0.05, 0) is 49.9 Å². The van der Waals surface area contributed by atoms with E-state index in [1.54, 1.807) is 4.90 Å². The smallest absolute Gasteiger partial charge is 0.414 e. The number of hydrogen-bond donors (Lipinski definition) is 1. The fourth-order valence-corrected chi connectivity index (χ4v) is 3.46. The molecule has 0 aromatic heterocycles. The van der Waals surface area contributed by atoms with Gasteiger partial charge in [0, 0.05) is 11.6 Å². The van der Waals surface area contributed by atoms with Gasteiger partial charge in [0.1, 0.15) is 6.10 Å². The molecule has 1 unspecified atom stereocenters. The monoisotopic (exact) mass is 330 g/mol. The second-order valence-electron chi connectivity index (χ2n) is 6.97. The first-order valence-corrected chi connectivity index (χ1v) is 8.87. The van der Waals surface area contributed by atoms with Crippen LogP contribution < -0.4 is 10.2 Å². The normalized spacial score (nSPS) is 21.7. The zero-order valence-electron chi connectivity index (χ0n) is 14.5. The summed E-state index contributed by atoms with van der Waals surface area (Å²) in [5, 5.41) is 2.96. The number of carbonyl (C=O) groups is 2. The number of nitrogens with one attached hydrogen (secondary N) is 1. The molecule has 1 aromatic carbocycles. The Kier molecular flexibility index (Phi) is 5.07. The molecule has 24 heavy (non-hydrogen) atoms. The zero-order valence-corrected chi connectivity index (χ0v) is 14.5. The summed E-state index contributed by atoms with van der Waals surface area (Å²) in [5.41, 5.74) is 3.20. The minimum atomic E-state index is -0.338. The maximum absolute atomic E-state index is 12.2. The standard InChI is InChI=1S/C19H26N2O3/c1-13-8-9-16(10-14(13)2)21-12-17(24-19(21)23)11-20-18(22)15-6-4-3-5-7-15/h8-10,15,17H,3-7,11-12H2,1-2H3,(H,20,22). The highest BCUT2D eigenvalue weighted by atomic mass is 16.6. The maximum atomic E-state index is 12.2. The number of amides is 2. The Morgan fingerprint density at radius 3 is 2.67 bits per heavy atom. The molecule has 1 heterocycles. The summed E-state index contributed by atoms with van der Waals surface area (Å²) < 4.78 is 5.41. The molecule has 3 rings (SSSR count). The van der Waals surface area contributed by atoms with Crippen LogP contribution in [0.1, 0.15) is 43.2 Å². The van der Waals surface area contributed by atoms with Gasteiger partial charge < -0.3 is 10.1 Å². The predicted molar refractivity (Wildman–Crippen MR) is 93.1 cm³/mol. The van der Waals surface area contributed by atoms with Crippen molar-refractivity contribution in [3.63, 3.8) is 0 Å². The van der Waals surface area contributed by atoms with Crippen molar-refractivity contribution in [2.45, 2.75) is 52.1 Å². The molecule has 1 aliphatic carbocycles. The summed E-state index contributed by atoms with van der Waals surface area (Å²) in [6.07, 6.45) is 4.83. The molecule has 5 heteroatoms. The average molecular weight is 330 g/mol. The second-order valence-corrected chi connectivity index (χ2v) is 6.97. The van der Waals surface area contributed by atoms with Gasteiger partial charge in [0.05, 0.1) is 13.1 Å². The molecule has 0 bridgehead atoms. The van der Waals surface area contributed by atoms with Crippen LogP contribution >= 0.6 is 0 Å². The summed E-state index contributed by atoms with van der Waals surface area (Å²) >= 11 is 0. The van der Waals surface area contributed by atoms with Crippen LogP contribution in [0.25, 0.3) is 0 Å². The molecule has 2 amide bonds. The maximum Gasteiger partial charge on any atom is 0.414 e. The van der Waals surface area contributed by atoms with Gasteiger partial charge in [-0.1, -0.05) is 25.3 Å². The lowest BCUT2D eigenvalue weighted by Crippen LogP contribution is -2.38.